The van der Waals surface area contributed by atoms with Crippen molar-refractivity contribution < 1.29 is 9.90 Å². The van der Waals surface area contributed by atoms with Crippen molar-refractivity contribution in [3.8, 4) is 17.9 Å². The quantitative estimate of drug-likeness (QED) is 0.657. The summed E-state index contributed by atoms with van der Waals surface area (Å²) in [5.41, 5.74) is 3.85. The molecule has 1 atom stereocenters. The second kappa shape index (κ2) is 6.05. The molecule has 0 unspecified atom stereocenters. The number of nitrogens with two attached hydrogens (primary N) is 1. The molecule has 4 nitrogen and oxygen atoms in total. The fourth-order valence-corrected chi connectivity index (χ4v) is 2.40. The van der Waals surface area contributed by atoms with Crippen LogP contribution < -0.4 is 5.73 Å². The molecule has 1 aliphatic carbocycles. The lowest BCUT2D eigenvalue weighted by Crippen LogP contribution is -2.34. The van der Waals surface area contributed by atoms with Crippen molar-refractivity contribution in [1.82, 2.24) is 0 Å². The van der Waals surface area contributed by atoms with E-state index in [0.29, 0.717) is 30.4 Å². The molecule has 1 fully saturated rings. The topological polar surface area (TPSA) is 87.1 Å². The lowest BCUT2D eigenvalue weighted by molar-refractivity contribution is -0.113. The van der Waals surface area contributed by atoms with Crippen LogP contribution >= 0.6 is 0 Å². The van der Waals surface area contributed by atoms with Crippen molar-refractivity contribution in [2.75, 3.05) is 0 Å². The fourth-order valence-electron chi connectivity index (χ4n) is 2.40. The number of nitriles is 1. The number of nitrogens with zero attached hydrogens (tertiary/aromatic N) is 1. The van der Waals surface area contributed by atoms with Gasteiger partial charge in [0.25, 0.3) is 0 Å². The van der Waals surface area contributed by atoms with Crippen molar-refractivity contribution in [3.05, 3.63) is 47.5 Å². The highest BCUT2D eigenvalue weighted by molar-refractivity contribution is 5.87. The number of benzene rings is 1. The first-order chi connectivity index (χ1) is 10.5. The number of amides is 1. The number of hydrogen-bond donors (Lipinski definition) is 2. The lowest BCUT2D eigenvalue weighted by Gasteiger charge is -2.27. The average molecular weight is 294 g/mol. The summed E-state index contributed by atoms with van der Waals surface area (Å²) in [5.74, 6) is 5.09. The molecule has 2 rings (SSSR count). The molecule has 0 aromatic heterocycles. The molecule has 1 amide bonds. The van der Waals surface area contributed by atoms with Crippen LogP contribution in [0.5, 0.6) is 0 Å². The Morgan fingerprint density at radius 3 is 2.55 bits per heavy atom. The third kappa shape index (κ3) is 2.88. The van der Waals surface area contributed by atoms with E-state index in [4.69, 9.17) is 5.73 Å². The molecule has 0 bridgehead atoms. The lowest BCUT2D eigenvalue weighted by atomic mass is 9.79. The Balaban J connectivity index is 2.49. The van der Waals surface area contributed by atoms with Gasteiger partial charge in [-0.15, -0.1) is 0 Å². The van der Waals surface area contributed by atoms with Gasteiger partial charge in [0.05, 0.1) is 6.07 Å². The molecular weight excluding hydrogens is 276 g/mol. The molecule has 0 heterocycles. The van der Waals surface area contributed by atoms with E-state index in [1.54, 1.807) is 24.3 Å². The van der Waals surface area contributed by atoms with Crippen LogP contribution in [0, 0.1) is 28.6 Å². The molecule has 1 aromatic carbocycles. The maximum Gasteiger partial charge on any atom is 0.242 e. The van der Waals surface area contributed by atoms with Crippen LogP contribution in [0.1, 0.15) is 31.7 Å². The minimum Gasteiger partial charge on any atom is -0.372 e. The number of allylic oxidation sites excluding steroid dienone is 1. The summed E-state index contributed by atoms with van der Waals surface area (Å²) in [6.45, 7) is 1.85. The Kier molecular flexibility index (Phi) is 4.35. The second-order valence-electron chi connectivity index (χ2n) is 5.45. The Bertz CT molecular complexity index is 700. The summed E-state index contributed by atoms with van der Waals surface area (Å²) >= 11 is 0. The maximum atomic E-state index is 11.1. The van der Waals surface area contributed by atoms with Gasteiger partial charge in [0.15, 0.2) is 5.60 Å². The van der Waals surface area contributed by atoms with Crippen molar-refractivity contribution in [2.24, 2.45) is 11.1 Å². The van der Waals surface area contributed by atoms with E-state index >= 15 is 0 Å². The van der Waals surface area contributed by atoms with Gasteiger partial charge in [-0.1, -0.05) is 49.1 Å². The van der Waals surface area contributed by atoms with Crippen LogP contribution in [0.2, 0.25) is 0 Å². The molecule has 0 aliphatic heterocycles. The summed E-state index contributed by atoms with van der Waals surface area (Å²) in [7, 11) is 0. The number of carbonyl (C=O) groups is 1. The predicted molar refractivity (Wildman–Crippen MR) is 83.0 cm³/mol. The van der Waals surface area contributed by atoms with Crippen molar-refractivity contribution in [2.45, 2.75) is 31.8 Å². The zero-order valence-electron chi connectivity index (χ0n) is 12.5. The van der Waals surface area contributed by atoms with Gasteiger partial charge in [-0.2, -0.15) is 5.26 Å². The van der Waals surface area contributed by atoms with Crippen molar-refractivity contribution in [3.63, 3.8) is 0 Å². The summed E-state index contributed by atoms with van der Waals surface area (Å²) in [6, 6.07) is 11.2. The third-order valence-electron chi connectivity index (χ3n) is 3.95. The Hall–Kier alpha value is -2.56. The van der Waals surface area contributed by atoms with Crippen LogP contribution in [-0.4, -0.2) is 11.0 Å². The van der Waals surface area contributed by atoms with Crippen LogP contribution in [0.4, 0.5) is 0 Å². The SMILES string of the molecule is CC/C(C#C[C@](O)(c1ccccc1)C1(C#N)CC1)=C\C(N)=O. The maximum absolute atomic E-state index is 11.1. The Morgan fingerprint density at radius 2 is 2.09 bits per heavy atom. The summed E-state index contributed by atoms with van der Waals surface area (Å²) < 4.78 is 0. The van der Waals surface area contributed by atoms with E-state index in [2.05, 4.69) is 17.9 Å². The number of hydrogen-bond acceptors (Lipinski definition) is 3. The van der Waals surface area contributed by atoms with Gasteiger partial charge >= 0.3 is 0 Å². The number of aliphatic hydroxyl groups is 1. The minimum atomic E-state index is -1.55. The third-order valence-corrected chi connectivity index (χ3v) is 3.95. The van der Waals surface area contributed by atoms with Gasteiger partial charge < -0.3 is 10.8 Å². The molecule has 0 radical (unpaired) electrons. The standard InChI is InChI=1S/C18H18N2O2/c1-2-14(12-16(20)21)8-9-18(22,17(13-19)10-11-17)15-6-4-3-5-7-15/h3-7,12,22H,2,10-11H2,1H3,(H2,20,21)/b14-12+/t18-/m0/s1. The van der Waals surface area contributed by atoms with Crippen LogP contribution in [0.3, 0.4) is 0 Å². The smallest absolute Gasteiger partial charge is 0.242 e. The first kappa shape index (κ1) is 15.8. The first-order valence-corrected chi connectivity index (χ1v) is 7.20. The van der Waals surface area contributed by atoms with Gasteiger partial charge in [0, 0.05) is 11.6 Å². The van der Waals surface area contributed by atoms with E-state index in [-0.39, 0.29) is 0 Å². The highest BCUT2D eigenvalue weighted by Gasteiger charge is 2.60. The molecule has 1 saturated carbocycles. The van der Waals surface area contributed by atoms with Crippen LogP contribution in [0.25, 0.3) is 0 Å². The van der Waals surface area contributed by atoms with Gasteiger partial charge in [-0.3, -0.25) is 4.79 Å². The molecule has 4 heteroatoms. The van der Waals surface area contributed by atoms with E-state index in [9.17, 15) is 15.2 Å². The molecule has 1 aliphatic rings. The van der Waals surface area contributed by atoms with Gasteiger partial charge in [0.2, 0.25) is 5.91 Å². The van der Waals surface area contributed by atoms with Crippen molar-refractivity contribution >= 4 is 5.91 Å². The van der Waals surface area contributed by atoms with Crippen LogP contribution in [-0.2, 0) is 10.4 Å². The molecule has 0 spiro atoms. The first-order valence-electron chi connectivity index (χ1n) is 7.20. The molecular formula is C18H18N2O2. The zero-order chi connectivity index (χ0) is 16.2. The second-order valence-corrected chi connectivity index (χ2v) is 5.45. The molecule has 22 heavy (non-hydrogen) atoms. The van der Waals surface area contributed by atoms with E-state index in [0.717, 1.165) is 0 Å². The van der Waals surface area contributed by atoms with Gasteiger partial charge in [-0.25, -0.2) is 0 Å². The van der Waals surface area contributed by atoms with Gasteiger partial charge in [0.1, 0.15) is 5.41 Å². The fraction of sp³-hybridized carbons (Fsp3) is 0.333. The van der Waals surface area contributed by atoms with Crippen molar-refractivity contribution in [1.29, 1.82) is 5.26 Å². The highest BCUT2D eigenvalue weighted by Crippen LogP contribution is 2.57. The Morgan fingerprint density at radius 1 is 1.45 bits per heavy atom. The minimum absolute atomic E-state index is 0.528. The van der Waals surface area contributed by atoms with Crippen LogP contribution in [0.15, 0.2) is 42.0 Å². The number of carbonyl (C=O) groups excluding carboxylic acids is 1. The highest BCUT2D eigenvalue weighted by atomic mass is 16.3. The van der Waals surface area contributed by atoms with Gasteiger partial charge in [-0.05, 0) is 24.8 Å². The molecule has 112 valence electrons. The number of primary amides is 1. The van der Waals surface area contributed by atoms with E-state index in [1.807, 2.05) is 13.0 Å². The molecule has 3 N–H and O–H groups in total. The predicted octanol–water partition coefficient (Wildman–Crippen LogP) is 2.00. The largest absolute Gasteiger partial charge is 0.372 e. The Labute approximate surface area is 130 Å². The summed E-state index contributed by atoms with van der Waals surface area (Å²) in [6.07, 6.45) is 2.99. The normalized spacial score (nSPS) is 18.3. The molecule has 1 aromatic rings. The molecule has 0 saturated heterocycles. The monoisotopic (exact) mass is 294 g/mol. The van der Waals surface area contributed by atoms with E-state index in [1.165, 1.54) is 6.08 Å². The summed E-state index contributed by atoms with van der Waals surface area (Å²) in [4.78, 5) is 11.0. The summed E-state index contributed by atoms with van der Waals surface area (Å²) in [5, 5.41) is 20.6. The number of rotatable bonds is 4. The zero-order valence-corrected chi connectivity index (χ0v) is 12.5. The van der Waals surface area contributed by atoms with E-state index < -0.39 is 16.9 Å². The average Bonchev–Trinajstić information content (AvgIpc) is 3.33.